The van der Waals surface area contributed by atoms with Gasteiger partial charge in [-0.05, 0) is 52.4 Å². The summed E-state index contributed by atoms with van der Waals surface area (Å²) in [6.45, 7) is 1.86. The molecule has 0 aliphatic heterocycles. The molecule has 0 aromatic heterocycles. The smallest absolute Gasteiger partial charge is 0.314 e. The van der Waals surface area contributed by atoms with Gasteiger partial charge < -0.3 is 5.11 Å². The fourth-order valence-corrected chi connectivity index (χ4v) is 2.84. The second-order valence-electron chi connectivity index (χ2n) is 4.53. The summed E-state index contributed by atoms with van der Waals surface area (Å²) in [6, 6.07) is 3.31. The van der Waals surface area contributed by atoms with Gasteiger partial charge in [0.15, 0.2) is 0 Å². The molecule has 1 aromatic carbocycles. The molecule has 0 spiro atoms. The highest BCUT2D eigenvalue weighted by molar-refractivity contribution is 9.10. The molecule has 17 heavy (non-hydrogen) atoms. The maximum Gasteiger partial charge on any atom is 0.314 e. The first-order valence-electron chi connectivity index (χ1n) is 5.73. The number of carboxylic acid groups (broad SMARTS) is 1. The predicted molar refractivity (Wildman–Crippen MR) is 66.6 cm³/mol. The van der Waals surface area contributed by atoms with E-state index in [-0.39, 0.29) is 5.82 Å². The average Bonchev–Trinajstić information content (AvgIpc) is 2.20. The predicted octanol–water partition coefficient (Wildman–Crippen LogP) is 3.66. The summed E-state index contributed by atoms with van der Waals surface area (Å²) < 4.78 is 14.1. The molecule has 1 aliphatic carbocycles. The molecule has 4 heteroatoms. The molecule has 0 bridgehead atoms. The molecule has 0 heterocycles. The van der Waals surface area contributed by atoms with Gasteiger partial charge in [0.25, 0.3) is 0 Å². The number of rotatable bonds is 3. The molecule has 2 rings (SSSR count). The third kappa shape index (κ3) is 1.88. The van der Waals surface area contributed by atoms with Gasteiger partial charge >= 0.3 is 5.97 Å². The summed E-state index contributed by atoms with van der Waals surface area (Å²) in [5, 5.41) is 9.35. The van der Waals surface area contributed by atoms with E-state index < -0.39 is 11.4 Å². The van der Waals surface area contributed by atoms with E-state index in [1.54, 1.807) is 12.1 Å². The molecule has 92 valence electrons. The number of carboxylic acids is 1. The number of halogens is 2. The van der Waals surface area contributed by atoms with Gasteiger partial charge in [-0.25, -0.2) is 4.39 Å². The number of aliphatic carboxylic acids is 1. The van der Waals surface area contributed by atoms with Gasteiger partial charge in [0, 0.05) is 0 Å². The second-order valence-corrected chi connectivity index (χ2v) is 5.38. The summed E-state index contributed by atoms with van der Waals surface area (Å²) in [4.78, 5) is 11.4. The summed E-state index contributed by atoms with van der Waals surface area (Å²) >= 11 is 3.16. The summed E-state index contributed by atoms with van der Waals surface area (Å²) in [6.07, 6.45) is 2.77. The Bertz CT molecular complexity index is 467. The average molecular weight is 301 g/mol. The van der Waals surface area contributed by atoms with E-state index in [2.05, 4.69) is 15.9 Å². The molecule has 1 aromatic rings. The fraction of sp³-hybridized carbons (Fsp3) is 0.462. The summed E-state index contributed by atoms with van der Waals surface area (Å²) in [5.74, 6) is -1.08. The lowest BCUT2D eigenvalue weighted by atomic mass is 9.64. The lowest BCUT2D eigenvalue weighted by Gasteiger charge is -2.38. The molecule has 0 amide bonds. The molecule has 0 atom stereocenters. The van der Waals surface area contributed by atoms with Crippen LogP contribution in [0.3, 0.4) is 0 Å². The highest BCUT2D eigenvalue weighted by atomic mass is 79.9. The quantitative estimate of drug-likeness (QED) is 0.925. The molecule has 1 saturated carbocycles. The van der Waals surface area contributed by atoms with E-state index >= 15 is 0 Å². The van der Waals surface area contributed by atoms with Crippen molar-refractivity contribution in [2.75, 3.05) is 0 Å². The Hall–Kier alpha value is -0.900. The number of aryl methyl sites for hydroxylation is 1. The van der Waals surface area contributed by atoms with Crippen molar-refractivity contribution in [3.05, 3.63) is 33.5 Å². The van der Waals surface area contributed by atoms with Crippen LogP contribution in [0.5, 0.6) is 0 Å². The van der Waals surface area contributed by atoms with Crippen molar-refractivity contribution in [2.45, 2.75) is 38.0 Å². The summed E-state index contributed by atoms with van der Waals surface area (Å²) in [5.41, 5.74) is 0.503. The SMILES string of the molecule is CCc1cc(C2(C(=O)O)CCC2)cc(Br)c1F. The van der Waals surface area contributed by atoms with E-state index in [1.165, 1.54) is 0 Å². The molecule has 2 nitrogen and oxygen atoms in total. The van der Waals surface area contributed by atoms with Crippen LogP contribution in [-0.4, -0.2) is 11.1 Å². The van der Waals surface area contributed by atoms with Gasteiger partial charge in [-0.3, -0.25) is 4.79 Å². The molecule has 0 unspecified atom stereocenters. The van der Waals surface area contributed by atoms with Crippen LogP contribution < -0.4 is 0 Å². The maximum absolute atomic E-state index is 13.7. The monoisotopic (exact) mass is 300 g/mol. The van der Waals surface area contributed by atoms with E-state index in [4.69, 9.17) is 0 Å². The van der Waals surface area contributed by atoms with Crippen LogP contribution in [-0.2, 0) is 16.6 Å². The van der Waals surface area contributed by atoms with Crippen molar-refractivity contribution in [1.82, 2.24) is 0 Å². The van der Waals surface area contributed by atoms with Gasteiger partial charge in [-0.1, -0.05) is 19.4 Å². The van der Waals surface area contributed by atoms with Crippen molar-refractivity contribution in [3.8, 4) is 0 Å². The maximum atomic E-state index is 13.7. The Balaban J connectivity index is 2.52. The van der Waals surface area contributed by atoms with Gasteiger partial charge in [0.1, 0.15) is 5.82 Å². The zero-order chi connectivity index (χ0) is 12.6. The van der Waals surface area contributed by atoms with E-state index in [0.717, 1.165) is 12.0 Å². The van der Waals surface area contributed by atoms with Crippen LogP contribution in [0.1, 0.15) is 37.3 Å². The van der Waals surface area contributed by atoms with E-state index in [1.807, 2.05) is 6.92 Å². The van der Waals surface area contributed by atoms with E-state index in [9.17, 15) is 14.3 Å². The standard InChI is InChI=1S/C13H14BrFO2/c1-2-8-6-9(7-10(14)11(8)15)13(12(16)17)4-3-5-13/h6-7H,2-5H2,1H3,(H,16,17). The van der Waals surface area contributed by atoms with Crippen LogP contribution in [0.4, 0.5) is 4.39 Å². The number of hydrogen-bond acceptors (Lipinski definition) is 1. The van der Waals surface area contributed by atoms with Gasteiger partial charge in [-0.15, -0.1) is 0 Å². The van der Waals surface area contributed by atoms with E-state index in [0.29, 0.717) is 29.3 Å². The Morgan fingerprint density at radius 1 is 1.53 bits per heavy atom. The molecule has 1 fully saturated rings. The second kappa shape index (κ2) is 4.41. The first-order valence-corrected chi connectivity index (χ1v) is 6.52. The minimum absolute atomic E-state index is 0.281. The van der Waals surface area contributed by atoms with Crippen molar-refractivity contribution in [2.24, 2.45) is 0 Å². The zero-order valence-corrected chi connectivity index (χ0v) is 11.2. The van der Waals surface area contributed by atoms with Crippen molar-refractivity contribution < 1.29 is 14.3 Å². The molecular formula is C13H14BrFO2. The number of benzene rings is 1. The van der Waals surface area contributed by atoms with Crippen LogP contribution >= 0.6 is 15.9 Å². The molecule has 0 saturated heterocycles. The molecule has 1 aliphatic rings. The van der Waals surface area contributed by atoms with Gasteiger partial charge in [0.2, 0.25) is 0 Å². The molecule has 1 N–H and O–H groups in total. The van der Waals surface area contributed by atoms with Gasteiger partial charge in [-0.2, -0.15) is 0 Å². The van der Waals surface area contributed by atoms with Gasteiger partial charge in [0.05, 0.1) is 9.89 Å². The van der Waals surface area contributed by atoms with Crippen molar-refractivity contribution in [3.63, 3.8) is 0 Å². The Morgan fingerprint density at radius 3 is 2.59 bits per heavy atom. The lowest BCUT2D eigenvalue weighted by molar-refractivity contribution is -0.147. The van der Waals surface area contributed by atoms with Crippen LogP contribution in [0, 0.1) is 5.82 Å². The first kappa shape index (κ1) is 12.6. The largest absolute Gasteiger partial charge is 0.481 e. The van der Waals surface area contributed by atoms with Crippen LogP contribution in [0.2, 0.25) is 0 Å². The Kier molecular flexibility index (Phi) is 3.25. The Labute approximate surface area is 108 Å². The lowest BCUT2D eigenvalue weighted by Crippen LogP contribution is -2.42. The third-order valence-electron chi connectivity index (χ3n) is 3.65. The molecule has 0 radical (unpaired) electrons. The highest BCUT2D eigenvalue weighted by Gasteiger charge is 2.46. The summed E-state index contributed by atoms with van der Waals surface area (Å²) in [7, 11) is 0. The van der Waals surface area contributed by atoms with Crippen LogP contribution in [0.25, 0.3) is 0 Å². The van der Waals surface area contributed by atoms with Crippen molar-refractivity contribution >= 4 is 21.9 Å². The normalized spacial score (nSPS) is 17.6. The Morgan fingerprint density at radius 2 is 2.18 bits per heavy atom. The number of hydrogen-bond donors (Lipinski definition) is 1. The fourth-order valence-electron chi connectivity index (χ4n) is 2.34. The topological polar surface area (TPSA) is 37.3 Å². The minimum Gasteiger partial charge on any atom is -0.481 e. The number of carbonyl (C=O) groups is 1. The zero-order valence-electron chi connectivity index (χ0n) is 9.59. The van der Waals surface area contributed by atoms with Crippen LogP contribution in [0.15, 0.2) is 16.6 Å². The first-order chi connectivity index (χ1) is 8.01. The highest BCUT2D eigenvalue weighted by Crippen LogP contribution is 2.45. The molecular weight excluding hydrogens is 287 g/mol. The minimum atomic E-state index is -0.802. The third-order valence-corrected chi connectivity index (χ3v) is 4.23. The van der Waals surface area contributed by atoms with Crippen molar-refractivity contribution in [1.29, 1.82) is 0 Å².